The second kappa shape index (κ2) is 6.85. The fraction of sp³-hybridized carbons (Fsp3) is 0.579. The summed E-state index contributed by atoms with van der Waals surface area (Å²) in [7, 11) is -2.83. The van der Waals surface area contributed by atoms with Gasteiger partial charge in [-0.25, -0.2) is 0 Å². The Morgan fingerprint density at radius 2 is 1.59 bits per heavy atom. The Bertz CT molecular complexity index is 507. The monoisotopic (exact) mass is 333 g/mol. The topological polar surface area (TPSA) is 3.24 Å². The van der Waals surface area contributed by atoms with Gasteiger partial charge in [-0.05, 0) is 29.1 Å². The lowest BCUT2D eigenvalue weighted by atomic mass is 10.1. The summed E-state index contributed by atoms with van der Waals surface area (Å²) >= 11 is 0. The van der Waals surface area contributed by atoms with E-state index in [0.717, 1.165) is 6.42 Å². The predicted octanol–water partition coefficient (Wildman–Crippen LogP) is 6.01. The number of hydrogen-bond acceptors (Lipinski definition) is 1. The Morgan fingerprint density at radius 1 is 1.05 bits per heavy atom. The standard InChI is InChI=1S/C19H35NSi2/c1-10-17-13-11-12-14-18(17)15-16-20(21(5,6)7)22(8,9)19(2,3)4/h10-14H,1,15-16H2,2-9H3. The molecule has 0 aliphatic heterocycles. The molecule has 3 heteroatoms. The molecule has 0 fully saturated rings. The first-order chi connectivity index (χ1) is 9.91. The van der Waals surface area contributed by atoms with E-state index in [9.17, 15) is 0 Å². The molecule has 0 saturated carbocycles. The summed E-state index contributed by atoms with van der Waals surface area (Å²) in [4.78, 5) is 0. The van der Waals surface area contributed by atoms with Crippen LogP contribution in [0, 0.1) is 0 Å². The number of benzene rings is 1. The lowest BCUT2D eigenvalue weighted by Crippen LogP contribution is -2.64. The van der Waals surface area contributed by atoms with E-state index in [-0.39, 0.29) is 0 Å². The highest BCUT2D eigenvalue weighted by molar-refractivity contribution is 6.91. The van der Waals surface area contributed by atoms with Crippen LogP contribution in [0.25, 0.3) is 6.08 Å². The van der Waals surface area contributed by atoms with Gasteiger partial charge in [-0.15, -0.1) is 0 Å². The molecule has 124 valence electrons. The minimum Gasteiger partial charge on any atom is -0.345 e. The van der Waals surface area contributed by atoms with E-state index in [2.05, 4.69) is 88.6 Å². The minimum atomic E-state index is -1.48. The van der Waals surface area contributed by atoms with E-state index in [1.54, 1.807) is 0 Å². The van der Waals surface area contributed by atoms with Gasteiger partial charge in [0.05, 0.1) is 0 Å². The first-order valence-corrected chi connectivity index (χ1v) is 14.8. The summed E-state index contributed by atoms with van der Waals surface area (Å²) in [6.45, 7) is 25.0. The van der Waals surface area contributed by atoms with Crippen molar-refractivity contribution in [1.82, 2.24) is 4.23 Å². The third-order valence-electron chi connectivity index (χ3n) is 5.20. The van der Waals surface area contributed by atoms with E-state index in [4.69, 9.17) is 0 Å². The Morgan fingerprint density at radius 3 is 2.05 bits per heavy atom. The number of nitrogens with zero attached hydrogens (tertiary/aromatic N) is 1. The maximum atomic E-state index is 3.96. The van der Waals surface area contributed by atoms with Crippen molar-refractivity contribution < 1.29 is 0 Å². The Kier molecular flexibility index (Phi) is 6.04. The van der Waals surface area contributed by atoms with E-state index in [0.29, 0.717) is 5.04 Å². The van der Waals surface area contributed by atoms with Gasteiger partial charge in [0.15, 0.2) is 0 Å². The third kappa shape index (κ3) is 4.43. The molecule has 1 aromatic carbocycles. The summed E-state index contributed by atoms with van der Waals surface area (Å²) in [5.74, 6) is 0. The van der Waals surface area contributed by atoms with Crippen molar-refractivity contribution in [2.75, 3.05) is 6.54 Å². The SMILES string of the molecule is C=Cc1ccccc1CCN([Si](C)(C)C)[Si](C)(C)C(C)(C)C. The molecule has 1 aromatic rings. The van der Waals surface area contributed by atoms with Crippen molar-refractivity contribution in [2.24, 2.45) is 0 Å². The maximum Gasteiger partial charge on any atom is 0.120 e. The van der Waals surface area contributed by atoms with E-state index >= 15 is 0 Å². The lowest BCUT2D eigenvalue weighted by molar-refractivity contribution is 0.551. The molecular weight excluding hydrogens is 298 g/mol. The van der Waals surface area contributed by atoms with E-state index < -0.39 is 16.5 Å². The van der Waals surface area contributed by atoms with Crippen LogP contribution in [0.15, 0.2) is 30.8 Å². The zero-order chi connectivity index (χ0) is 17.2. The van der Waals surface area contributed by atoms with Gasteiger partial charge in [-0.3, -0.25) is 0 Å². The van der Waals surface area contributed by atoms with Gasteiger partial charge in [0, 0.05) is 0 Å². The van der Waals surface area contributed by atoms with Crippen LogP contribution in [0.1, 0.15) is 31.9 Å². The first kappa shape index (κ1) is 19.4. The molecule has 0 unspecified atom stereocenters. The fourth-order valence-corrected chi connectivity index (χ4v) is 13.0. The summed E-state index contributed by atoms with van der Waals surface area (Å²) < 4.78 is 2.93. The third-order valence-corrected chi connectivity index (χ3v) is 16.0. The molecule has 0 aromatic heterocycles. The normalized spacial score (nSPS) is 13.5. The van der Waals surface area contributed by atoms with Crippen molar-refractivity contribution in [3.63, 3.8) is 0 Å². The number of hydrogen-bond donors (Lipinski definition) is 0. The molecule has 0 aliphatic rings. The van der Waals surface area contributed by atoms with Crippen molar-refractivity contribution in [1.29, 1.82) is 0 Å². The largest absolute Gasteiger partial charge is 0.345 e. The smallest absolute Gasteiger partial charge is 0.120 e. The van der Waals surface area contributed by atoms with Crippen molar-refractivity contribution in [3.8, 4) is 0 Å². The van der Waals surface area contributed by atoms with Crippen LogP contribution in [0.5, 0.6) is 0 Å². The zero-order valence-electron chi connectivity index (χ0n) is 16.0. The predicted molar refractivity (Wildman–Crippen MR) is 107 cm³/mol. The van der Waals surface area contributed by atoms with Crippen molar-refractivity contribution in [2.45, 2.75) is 65.0 Å². The highest BCUT2D eigenvalue weighted by atomic mass is 28.4. The first-order valence-electron chi connectivity index (χ1n) is 8.39. The number of rotatable bonds is 6. The van der Waals surface area contributed by atoms with Crippen LogP contribution >= 0.6 is 0 Å². The molecule has 1 nitrogen and oxygen atoms in total. The maximum absolute atomic E-state index is 3.96. The van der Waals surface area contributed by atoms with Gasteiger partial charge in [-0.1, -0.05) is 90.4 Å². The highest BCUT2D eigenvalue weighted by Gasteiger charge is 2.45. The molecule has 0 heterocycles. The second-order valence-corrected chi connectivity index (χ2v) is 19.3. The average molecular weight is 334 g/mol. The summed E-state index contributed by atoms with van der Waals surface area (Å²) in [6, 6.07) is 8.68. The van der Waals surface area contributed by atoms with Crippen LogP contribution in [0.2, 0.25) is 37.8 Å². The second-order valence-electron chi connectivity index (χ2n) is 8.78. The van der Waals surface area contributed by atoms with E-state index in [1.807, 2.05) is 6.08 Å². The molecule has 0 N–H and O–H groups in total. The quantitative estimate of drug-likeness (QED) is 0.576. The Balaban J connectivity index is 3.04. The van der Waals surface area contributed by atoms with Crippen LogP contribution in [-0.2, 0) is 6.42 Å². The molecule has 22 heavy (non-hydrogen) atoms. The van der Waals surface area contributed by atoms with Crippen LogP contribution in [0.4, 0.5) is 0 Å². The summed E-state index contributed by atoms with van der Waals surface area (Å²) in [6.07, 6.45) is 3.11. The minimum absolute atomic E-state index is 0.394. The molecular formula is C19H35NSi2. The average Bonchev–Trinajstić information content (AvgIpc) is 2.36. The fourth-order valence-electron chi connectivity index (χ4n) is 3.05. The lowest BCUT2D eigenvalue weighted by Gasteiger charge is -2.52. The Labute approximate surface area is 140 Å². The molecule has 0 radical (unpaired) electrons. The van der Waals surface area contributed by atoms with Crippen molar-refractivity contribution >= 4 is 22.5 Å². The highest BCUT2D eigenvalue weighted by Crippen LogP contribution is 2.40. The molecule has 0 spiro atoms. The van der Waals surface area contributed by atoms with E-state index in [1.165, 1.54) is 17.7 Å². The summed E-state index contributed by atoms with van der Waals surface area (Å²) in [5.41, 5.74) is 2.72. The van der Waals surface area contributed by atoms with Gasteiger partial charge >= 0.3 is 0 Å². The zero-order valence-corrected chi connectivity index (χ0v) is 18.0. The van der Waals surface area contributed by atoms with Gasteiger partial charge in [-0.2, -0.15) is 0 Å². The van der Waals surface area contributed by atoms with Crippen LogP contribution in [-0.4, -0.2) is 27.2 Å². The molecule has 0 bridgehead atoms. The van der Waals surface area contributed by atoms with Crippen LogP contribution < -0.4 is 0 Å². The molecule has 0 amide bonds. The molecule has 0 aliphatic carbocycles. The molecule has 0 atom stereocenters. The Hall–Kier alpha value is -0.646. The van der Waals surface area contributed by atoms with Gasteiger partial charge in [0.1, 0.15) is 16.5 Å². The molecule has 1 rings (SSSR count). The van der Waals surface area contributed by atoms with Gasteiger partial charge < -0.3 is 4.23 Å². The van der Waals surface area contributed by atoms with Crippen molar-refractivity contribution in [3.05, 3.63) is 42.0 Å². The molecule has 0 saturated heterocycles. The van der Waals surface area contributed by atoms with Crippen LogP contribution in [0.3, 0.4) is 0 Å². The summed E-state index contributed by atoms with van der Waals surface area (Å²) in [5, 5.41) is 0.394. The van der Waals surface area contributed by atoms with Gasteiger partial charge in [0.2, 0.25) is 0 Å². The van der Waals surface area contributed by atoms with Gasteiger partial charge in [0.25, 0.3) is 0 Å².